The molecule has 25 heavy (non-hydrogen) atoms. The Kier molecular flexibility index (Phi) is 5.08. The molecule has 0 aliphatic carbocycles. The van der Waals surface area contributed by atoms with Gasteiger partial charge >= 0.3 is 6.03 Å². The minimum atomic E-state index is -0.277. The molecule has 130 valence electrons. The summed E-state index contributed by atoms with van der Waals surface area (Å²) in [6, 6.07) is 11.6. The van der Waals surface area contributed by atoms with Crippen LogP contribution >= 0.6 is 0 Å². The maximum absolute atomic E-state index is 12.2. The molecule has 3 N–H and O–H groups in total. The van der Waals surface area contributed by atoms with Crippen LogP contribution in [0.25, 0.3) is 11.3 Å². The van der Waals surface area contributed by atoms with E-state index in [0.717, 1.165) is 17.1 Å². The number of nitrogens with zero attached hydrogens (tertiary/aromatic N) is 4. The summed E-state index contributed by atoms with van der Waals surface area (Å²) in [7, 11) is 0. The highest BCUT2D eigenvalue weighted by atomic mass is 16.2. The van der Waals surface area contributed by atoms with E-state index in [9.17, 15) is 4.79 Å². The number of nitrogens with one attached hydrogen (secondary N) is 3. The molecule has 0 atom stereocenters. The first-order valence-corrected chi connectivity index (χ1v) is 8.17. The molecule has 0 aliphatic heterocycles. The molecule has 0 fully saturated rings. The second-order valence-electron chi connectivity index (χ2n) is 5.88. The van der Waals surface area contributed by atoms with Gasteiger partial charge in [-0.3, -0.25) is 10.4 Å². The normalized spacial score (nSPS) is 10.8. The minimum absolute atomic E-state index is 0.127. The van der Waals surface area contributed by atoms with Crippen molar-refractivity contribution in [2.24, 2.45) is 0 Å². The van der Waals surface area contributed by atoms with E-state index in [2.05, 4.69) is 30.9 Å². The van der Waals surface area contributed by atoms with Crippen molar-refractivity contribution in [3.8, 4) is 11.3 Å². The Morgan fingerprint density at radius 1 is 1.28 bits per heavy atom. The average Bonchev–Trinajstić information content (AvgIpc) is 3.25. The van der Waals surface area contributed by atoms with Gasteiger partial charge in [-0.1, -0.05) is 30.3 Å². The summed E-state index contributed by atoms with van der Waals surface area (Å²) in [5.74, 6) is 1.39. The number of hydrogen-bond acceptors (Lipinski definition) is 4. The fraction of sp³-hybridized carbons (Fsp3) is 0.294. The van der Waals surface area contributed by atoms with Gasteiger partial charge in [0.15, 0.2) is 0 Å². The summed E-state index contributed by atoms with van der Waals surface area (Å²) in [5.41, 5.74) is 1.84. The number of amides is 2. The number of hydrogen-bond donors (Lipinski definition) is 3. The van der Waals surface area contributed by atoms with Gasteiger partial charge in [0, 0.05) is 30.6 Å². The Labute approximate surface area is 145 Å². The number of urea groups is 1. The highest BCUT2D eigenvalue weighted by Gasteiger charge is 2.14. The van der Waals surface area contributed by atoms with Crippen molar-refractivity contribution in [2.45, 2.75) is 26.3 Å². The van der Waals surface area contributed by atoms with Crippen LogP contribution in [0.1, 0.15) is 25.7 Å². The Hall–Kier alpha value is -3.16. The molecule has 0 bridgehead atoms. The van der Waals surface area contributed by atoms with Crippen molar-refractivity contribution in [2.75, 3.05) is 11.9 Å². The van der Waals surface area contributed by atoms with Crippen molar-refractivity contribution in [3.63, 3.8) is 0 Å². The largest absolute Gasteiger partial charge is 0.337 e. The first kappa shape index (κ1) is 16.7. The topological polar surface area (TPSA) is 101 Å². The summed E-state index contributed by atoms with van der Waals surface area (Å²) in [5, 5.41) is 16.8. The predicted octanol–water partition coefficient (Wildman–Crippen LogP) is 2.61. The van der Waals surface area contributed by atoms with Crippen LogP contribution in [-0.2, 0) is 6.42 Å². The van der Waals surface area contributed by atoms with E-state index in [4.69, 9.17) is 0 Å². The van der Waals surface area contributed by atoms with E-state index in [1.807, 2.05) is 50.2 Å². The molecule has 1 aromatic carbocycles. The zero-order valence-corrected chi connectivity index (χ0v) is 14.2. The van der Waals surface area contributed by atoms with Crippen LogP contribution in [0.2, 0.25) is 0 Å². The molecule has 8 nitrogen and oxygen atoms in total. The second-order valence-corrected chi connectivity index (χ2v) is 5.88. The molecule has 0 saturated heterocycles. The lowest BCUT2D eigenvalue weighted by Gasteiger charge is -2.12. The predicted molar refractivity (Wildman–Crippen MR) is 95.2 cm³/mol. The number of benzene rings is 1. The SMILES string of the molecule is CC(C)n1nc(-c2ccccc2)cc1NC(=O)NCCc1ncn[nH]1. The maximum atomic E-state index is 12.2. The molecule has 2 heterocycles. The third-order valence-electron chi connectivity index (χ3n) is 3.65. The lowest BCUT2D eigenvalue weighted by Crippen LogP contribution is -2.31. The van der Waals surface area contributed by atoms with Gasteiger partial charge in [0.25, 0.3) is 0 Å². The van der Waals surface area contributed by atoms with E-state index in [1.165, 1.54) is 6.33 Å². The Morgan fingerprint density at radius 2 is 2.08 bits per heavy atom. The summed E-state index contributed by atoms with van der Waals surface area (Å²) < 4.78 is 1.80. The van der Waals surface area contributed by atoms with Crippen molar-refractivity contribution in [3.05, 3.63) is 48.5 Å². The first-order chi connectivity index (χ1) is 12.1. The van der Waals surface area contributed by atoms with Crippen molar-refractivity contribution >= 4 is 11.8 Å². The molecule has 0 saturated carbocycles. The van der Waals surface area contributed by atoms with Gasteiger partial charge < -0.3 is 5.32 Å². The van der Waals surface area contributed by atoms with E-state index >= 15 is 0 Å². The number of H-pyrrole nitrogens is 1. The number of anilines is 1. The standard InChI is InChI=1S/C17H21N7O/c1-12(2)24-16(10-14(23-24)13-6-4-3-5-7-13)21-17(25)18-9-8-15-19-11-20-22-15/h3-7,10-12H,8-9H2,1-2H3,(H2,18,21,25)(H,19,20,22). The number of carbonyl (C=O) groups excluding carboxylic acids is 1. The molecular weight excluding hydrogens is 318 g/mol. The van der Waals surface area contributed by atoms with E-state index < -0.39 is 0 Å². The van der Waals surface area contributed by atoms with Gasteiger partial charge in [0.1, 0.15) is 18.0 Å². The number of carbonyl (C=O) groups is 1. The van der Waals surface area contributed by atoms with Gasteiger partial charge in [0.2, 0.25) is 0 Å². The van der Waals surface area contributed by atoms with Crippen LogP contribution in [0.15, 0.2) is 42.7 Å². The molecular formula is C17H21N7O. The number of rotatable bonds is 6. The van der Waals surface area contributed by atoms with Crippen LogP contribution in [0.5, 0.6) is 0 Å². The van der Waals surface area contributed by atoms with Crippen molar-refractivity contribution in [1.82, 2.24) is 30.3 Å². The van der Waals surface area contributed by atoms with Crippen LogP contribution in [0, 0.1) is 0 Å². The molecule has 2 aromatic heterocycles. The van der Waals surface area contributed by atoms with Crippen molar-refractivity contribution < 1.29 is 4.79 Å². The van der Waals surface area contributed by atoms with Gasteiger partial charge in [-0.05, 0) is 13.8 Å². The summed E-state index contributed by atoms with van der Waals surface area (Å²) in [4.78, 5) is 16.2. The summed E-state index contributed by atoms with van der Waals surface area (Å²) in [6.07, 6.45) is 2.04. The second kappa shape index (κ2) is 7.61. The van der Waals surface area contributed by atoms with Gasteiger partial charge in [-0.2, -0.15) is 10.2 Å². The van der Waals surface area contributed by atoms with Crippen LogP contribution in [-0.4, -0.2) is 37.5 Å². The number of aromatic amines is 1. The van der Waals surface area contributed by atoms with Crippen molar-refractivity contribution in [1.29, 1.82) is 0 Å². The van der Waals surface area contributed by atoms with Crippen LogP contribution in [0.4, 0.5) is 10.6 Å². The van der Waals surface area contributed by atoms with Gasteiger partial charge in [-0.15, -0.1) is 0 Å². The molecule has 0 radical (unpaired) electrons. The Bertz CT molecular complexity index is 809. The monoisotopic (exact) mass is 339 g/mol. The highest BCUT2D eigenvalue weighted by molar-refractivity contribution is 5.89. The Morgan fingerprint density at radius 3 is 2.76 bits per heavy atom. The smallest absolute Gasteiger partial charge is 0.320 e. The summed E-state index contributed by atoms with van der Waals surface area (Å²) >= 11 is 0. The quantitative estimate of drug-likeness (QED) is 0.642. The molecule has 8 heteroatoms. The molecule has 3 aromatic rings. The van der Waals surface area contributed by atoms with Gasteiger partial charge in [-0.25, -0.2) is 14.5 Å². The molecule has 3 rings (SSSR count). The molecule has 0 aliphatic rings. The fourth-order valence-electron chi connectivity index (χ4n) is 2.44. The van der Waals surface area contributed by atoms with E-state index in [-0.39, 0.29) is 12.1 Å². The lowest BCUT2D eigenvalue weighted by atomic mass is 10.2. The Balaban J connectivity index is 1.66. The summed E-state index contributed by atoms with van der Waals surface area (Å²) in [6.45, 7) is 4.51. The highest BCUT2D eigenvalue weighted by Crippen LogP contribution is 2.24. The minimum Gasteiger partial charge on any atom is -0.337 e. The fourth-order valence-corrected chi connectivity index (χ4v) is 2.44. The zero-order chi connectivity index (χ0) is 17.6. The van der Waals surface area contributed by atoms with Crippen LogP contribution in [0.3, 0.4) is 0 Å². The average molecular weight is 339 g/mol. The number of aromatic nitrogens is 5. The molecule has 0 spiro atoms. The molecule has 0 unspecified atom stereocenters. The van der Waals surface area contributed by atoms with E-state index in [1.54, 1.807) is 4.68 Å². The maximum Gasteiger partial charge on any atom is 0.320 e. The first-order valence-electron chi connectivity index (χ1n) is 8.17. The third kappa shape index (κ3) is 4.23. The lowest BCUT2D eigenvalue weighted by molar-refractivity contribution is 0.252. The van der Waals surface area contributed by atoms with Crippen LogP contribution < -0.4 is 10.6 Å². The third-order valence-corrected chi connectivity index (χ3v) is 3.65. The van der Waals surface area contributed by atoms with E-state index in [0.29, 0.717) is 18.8 Å². The zero-order valence-electron chi connectivity index (χ0n) is 14.2. The molecule has 2 amide bonds. The van der Waals surface area contributed by atoms with Gasteiger partial charge in [0.05, 0.1) is 5.69 Å².